The first-order chi connectivity index (χ1) is 57.2. The van der Waals surface area contributed by atoms with Crippen molar-refractivity contribution in [3.8, 4) is 28.7 Å². The molecule has 121 heavy (non-hydrogen) atoms. The number of fused-ring (bicyclic) bond motifs is 5. The number of hydrogen-bond acceptors (Lipinski definition) is 19. The second kappa shape index (κ2) is 48.9. The summed E-state index contributed by atoms with van der Waals surface area (Å²) < 4.78 is 95.5. The summed E-state index contributed by atoms with van der Waals surface area (Å²) in [5.74, 6) is 3.77. The van der Waals surface area contributed by atoms with Crippen molar-refractivity contribution in [3.05, 3.63) is 207 Å². The molecule has 0 amide bonds. The van der Waals surface area contributed by atoms with Crippen LogP contribution >= 0.6 is 15.9 Å². The molecule has 0 radical (unpaired) electrons. The molecule has 0 bridgehead atoms. The summed E-state index contributed by atoms with van der Waals surface area (Å²) in [6.45, 7) is 5.10. The van der Waals surface area contributed by atoms with Gasteiger partial charge in [0, 0.05) is 154 Å². The molecular weight excluding hydrogens is 1650 g/mol. The quantitative estimate of drug-likeness (QED) is 0.0184. The maximum atomic E-state index is 13.2. The maximum absolute atomic E-state index is 13.2. The van der Waals surface area contributed by atoms with Gasteiger partial charge in [0.2, 0.25) is 9.84 Å². The smallest absolute Gasteiger partial charge is 0.768 e. The molecule has 0 aliphatic carbocycles. The van der Waals surface area contributed by atoms with Crippen molar-refractivity contribution >= 4 is 109 Å². The number of aryl methyl sites for hydroxylation is 7. The van der Waals surface area contributed by atoms with Crippen molar-refractivity contribution in [3.63, 3.8) is 0 Å². The standard InChI is InChI=1S/C20H24N2O3S.C18H26N2O3.C18H24N2O3.C17H26N2O2.C14H19BrN2O.C6H6O2S.Na/c1-21(2)13-12-15-14-22(3)20-18(11-10-17(25-4)19(15)20)26(23,24)16-8-6-5-7-9-16;2*1-19(2)11-10-14-12-20(3)18-13(7-9-16(21)23-5)6-8-15(22-4)17(14)18;1-18(2)10-9-14-12-19(3)17-13(6-5-11-20)7-8-15(21-4)16(14)17;1-16(2)8-7-10-9-17(3)14-11(15)5-6-12(18-4)13(10)14;7-9(8)6-4-2-1-3-5-6;/h5-11,14H,12-13H2,1-4H3;6,8,12H,7,9-11H2,1-5H3;6-9,12H,10-11H2,1-5H3;7-8,12,20H,5-6,9-11H2,1-4H3;5-6,9H,7-8H2,1-4H3;1-5H,(H,7,8);/q;;;;;;+1/p-1/b;;9-7+;;;;. The molecule has 12 aromatic rings. The predicted molar refractivity (Wildman–Crippen MR) is 489 cm³/mol. The fourth-order valence-electron chi connectivity index (χ4n) is 14.5. The van der Waals surface area contributed by atoms with Gasteiger partial charge in [0.25, 0.3) is 0 Å². The van der Waals surface area contributed by atoms with Crippen molar-refractivity contribution in [2.24, 2.45) is 35.2 Å². The molecule has 1 unspecified atom stereocenters. The number of methoxy groups -OCH3 is 7. The number of aliphatic hydroxyl groups excluding tert-OH is 1. The summed E-state index contributed by atoms with van der Waals surface area (Å²) in [6.07, 6.45) is 21.4. The SMILES string of the molecule is COC(=O)/C=C/c1ccc(OC)c2c(CCN(C)C)cn(C)c12.COC(=O)CCc1ccc(OC)c2c(CCN(C)C)cn(C)c12.COc1ccc(Br)c2c1c(CCN(C)C)cn2C.COc1ccc(CCCO)c2c1c(CCN(C)C)cn2C.COc1ccc(S(=O)(=O)c2ccccc2)c2c1c(CCN(C)C)cn2C.O=S([O-])c1ccccc1.[Na+]. The van der Waals surface area contributed by atoms with E-state index in [-0.39, 0.29) is 48.1 Å². The Hall–Kier alpha value is -8.78. The number of likely N-dealkylation sites (N-methyl/N-ethyl adjacent to an activating group) is 5. The van der Waals surface area contributed by atoms with Crippen molar-refractivity contribution in [2.45, 2.75) is 72.5 Å². The van der Waals surface area contributed by atoms with Crippen molar-refractivity contribution in [2.75, 3.05) is 160 Å². The number of carbonyl (C=O) groups excluding carboxylic acids is 2. The Morgan fingerprint density at radius 2 is 0.769 bits per heavy atom. The first-order valence-electron chi connectivity index (χ1n) is 39.7. The van der Waals surface area contributed by atoms with E-state index in [1.807, 2.05) is 94.5 Å². The number of rotatable bonds is 31. The van der Waals surface area contributed by atoms with E-state index >= 15 is 0 Å². The van der Waals surface area contributed by atoms with Gasteiger partial charge >= 0.3 is 41.5 Å². The molecule has 0 saturated heterocycles. The van der Waals surface area contributed by atoms with E-state index in [4.69, 9.17) is 33.5 Å². The molecule has 650 valence electrons. The van der Waals surface area contributed by atoms with Crippen LogP contribution in [0, 0.1) is 0 Å². The maximum Gasteiger partial charge on any atom is 1.00 e. The number of esters is 2. The number of hydrogen-bond donors (Lipinski definition) is 1. The monoisotopic (exact) mass is 1770 g/mol. The van der Waals surface area contributed by atoms with E-state index in [0.29, 0.717) is 38.8 Å². The number of ether oxygens (including phenoxy) is 7. The second-order valence-electron chi connectivity index (χ2n) is 30.6. The molecule has 0 spiro atoms. The van der Waals surface area contributed by atoms with Crippen LogP contribution in [-0.2, 0) is 120 Å². The third kappa shape index (κ3) is 27.1. The summed E-state index contributed by atoms with van der Waals surface area (Å²) in [6, 6.07) is 36.3. The fraction of sp³-hybridized carbons (Fsp3) is 0.398. The minimum Gasteiger partial charge on any atom is -0.768 e. The number of benzene rings is 7. The van der Waals surface area contributed by atoms with E-state index in [0.717, 1.165) is 149 Å². The van der Waals surface area contributed by atoms with Gasteiger partial charge in [-0.1, -0.05) is 48.5 Å². The topological polar surface area (TPSA) is 234 Å². The Morgan fingerprint density at radius 3 is 1.14 bits per heavy atom. The zero-order chi connectivity index (χ0) is 88.2. The average Bonchev–Trinajstić information content (AvgIpc) is 1.68. The molecule has 1 N–H and O–H groups in total. The van der Waals surface area contributed by atoms with Crippen molar-refractivity contribution in [1.29, 1.82) is 0 Å². The number of carbonyl (C=O) groups is 2. The Balaban J connectivity index is 0.000000228. The molecule has 1 atom stereocenters. The van der Waals surface area contributed by atoms with Crippen LogP contribution in [0.1, 0.15) is 57.3 Å². The van der Waals surface area contributed by atoms with Crippen LogP contribution in [0.25, 0.3) is 60.6 Å². The van der Waals surface area contributed by atoms with Crippen molar-refractivity contribution < 1.29 is 94.6 Å². The Labute approximate surface area is 749 Å². The van der Waals surface area contributed by atoms with Crippen LogP contribution in [0.3, 0.4) is 0 Å². The minimum absolute atomic E-state index is 0. The second-order valence-corrected chi connectivity index (χ2v) is 34.3. The van der Waals surface area contributed by atoms with Gasteiger partial charge in [-0.2, -0.15) is 0 Å². The Morgan fingerprint density at radius 1 is 0.430 bits per heavy atom. The largest absolute Gasteiger partial charge is 1.00 e. The van der Waals surface area contributed by atoms with Gasteiger partial charge in [-0.05, 0) is 272 Å². The number of nitrogens with zero attached hydrogens (tertiary/aromatic N) is 10. The number of aliphatic hydroxyl groups is 1. The first-order valence-corrected chi connectivity index (χ1v) is 43.1. The Bertz CT molecular complexity index is 5520. The van der Waals surface area contributed by atoms with E-state index in [2.05, 4.69) is 165 Å². The molecule has 28 heteroatoms. The van der Waals surface area contributed by atoms with Gasteiger partial charge in [0.1, 0.15) is 28.7 Å². The van der Waals surface area contributed by atoms with Crippen LogP contribution in [-0.4, -0.2) is 241 Å². The normalized spacial score (nSPS) is 11.6. The molecule has 24 nitrogen and oxygen atoms in total. The fourth-order valence-corrected chi connectivity index (χ4v) is 17.0. The van der Waals surface area contributed by atoms with E-state index in [9.17, 15) is 26.8 Å². The number of sulfone groups is 1. The third-order valence-electron chi connectivity index (χ3n) is 20.5. The molecule has 0 saturated carbocycles. The number of aromatic nitrogens is 5. The average molecular weight is 1770 g/mol. The van der Waals surface area contributed by atoms with Crippen LogP contribution < -0.4 is 53.2 Å². The summed E-state index contributed by atoms with van der Waals surface area (Å²) in [5.41, 5.74) is 14.9. The number of halogens is 1. The predicted octanol–water partition coefficient (Wildman–Crippen LogP) is 11.2. The zero-order valence-electron chi connectivity index (χ0n) is 75.1. The van der Waals surface area contributed by atoms with Gasteiger partial charge in [0.05, 0.1) is 87.1 Å². The Kier molecular flexibility index (Phi) is 40.8. The summed E-state index contributed by atoms with van der Waals surface area (Å²) in [7, 11) is 38.4. The third-order valence-corrected chi connectivity index (χ3v) is 23.6. The molecule has 12 rings (SSSR count). The van der Waals surface area contributed by atoms with Gasteiger partial charge < -0.3 is 90.2 Å². The molecule has 0 aliphatic rings. The molecule has 7 aromatic carbocycles. The van der Waals surface area contributed by atoms with Gasteiger partial charge in [-0.15, -0.1) is 0 Å². The van der Waals surface area contributed by atoms with Gasteiger partial charge in [-0.3, -0.25) is 9.00 Å². The molecule has 5 aromatic heterocycles. The first kappa shape index (κ1) is 101. The molecule has 0 fully saturated rings. The van der Waals surface area contributed by atoms with Crippen LogP contribution in [0.15, 0.2) is 178 Å². The zero-order valence-corrected chi connectivity index (χ0v) is 80.3. The molecular formula is C93H124BrN10NaO14S2. The van der Waals surface area contributed by atoms with Crippen LogP contribution in [0.4, 0.5) is 0 Å². The summed E-state index contributed by atoms with van der Waals surface area (Å²) in [4.78, 5) is 34.6. The molecule has 5 heterocycles. The minimum atomic E-state index is -3.62. The van der Waals surface area contributed by atoms with Gasteiger partial charge in [0.15, 0.2) is 0 Å². The van der Waals surface area contributed by atoms with E-state index < -0.39 is 20.9 Å². The summed E-state index contributed by atoms with van der Waals surface area (Å²) >= 11 is 1.54. The van der Waals surface area contributed by atoms with E-state index in [1.54, 1.807) is 108 Å². The van der Waals surface area contributed by atoms with Gasteiger partial charge in [-0.25, -0.2) is 13.2 Å². The van der Waals surface area contributed by atoms with Crippen molar-refractivity contribution in [1.82, 2.24) is 47.3 Å². The van der Waals surface area contributed by atoms with Crippen LogP contribution in [0.5, 0.6) is 28.7 Å². The van der Waals surface area contributed by atoms with Crippen LogP contribution in [0.2, 0.25) is 0 Å². The van der Waals surface area contributed by atoms with E-state index in [1.165, 1.54) is 69.9 Å². The molecule has 0 aliphatic heterocycles. The summed E-state index contributed by atoms with van der Waals surface area (Å²) in [5, 5.41) is 14.6.